The predicted molar refractivity (Wildman–Crippen MR) is 124 cm³/mol. The van der Waals surface area contributed by atoms with Crippen LogP contribution in [0.2, 0.25) is 0 Å². The van der Waals surface area contributed by atoms with Gasteiger partial charge in [-0.15, -0.1) is 0 Å². The summed E-state index contributed by atoms with van der Waals surface area (Å²) in [6.45, 7) is 4.34. The number of phenols is 1. The maximum absolute atomic E-state index is 12.9. The van der Waals surface area contributed by atoms with E-state index in [0.29, 0.717) is 31.1 Å². The summed E-state index contributed by atoms with van der Waals surface area (Å²) in [4.78, 5) is 29.2. The van der Waals surface area contributed by atoms with Crippen LogP contribution in [0.4, 0.5) is 0 Å². The quantitative estimate of drug-likeness (QED) is 0.533. The van der Waals surface area contributed by atoms with E-state index in [1.165, 1.54) is 19.6 Å². The molecule has 0 radical (unpaired) electrons. The Morgan fingerprint density at radius 1 is 1.28 bits per heavy atom. The summed E-state index contributed by atoms with van der Waals surface area (Å²) in [5.41, 5.74) is 2.15. The molecule has 6 nitrogen and oxygen atoms in total. The predicted octanol–water partition coefficient (Wildman–Crippen LogP) is 4.68. The number of phenolic OH excluding ortho intramolecular Hbond substituents is 1. The monoisotopic (exact) mass is 441 g/mol. The molecule has 0 saturated heterocycles. The number of benzene rings is 1. The molecule has 1 heterocycles. The van der Waals surface area contributed by atoms with Crippen molar-refractivity contribution in [3.63, 3.8) is 0 Å². The highest BCUT2D eigenvalue weighted by atomic mass is 16.5. The lowest BCUT2D eigenvalue weighted by atomic mass is 9.67. The summed E-state index contributed by atoms with van der Waals surface area (Å²) in [7, 11) is 1.50. The summed E-state index contributed by atoms with van der Waals surface area (Å²) < 4.78 is 10.9. The lowest BCUT2D eigenvalue weighted by Crippen LogP contribution is -2.38. The van der Waals surface area contributed by atoms with E-state index in [1.807, 2.05) is 6.21 Å². The van der Waals surface area contributed by atoms with E-state index < -0.39 is 6.10 Å². The Morgan fingerprint density at radius 3 is 2.75 bits per heavy atom. The van der Waals surface area contributed by atoms with Gasteiger partial charge in [0.25, 0.3) is 0 Å². The summed E-state index contributed by atoms with van der Waals surface area (Å²) in [6, 6.07) is 5.12. The smallest absolute Gasteiger partial charge is 0.302 e. The van der Waals surface area contributed by atoms with Gasteiger partial charge in [-0.1, -0.05) is 25.5 Å². The first-order valence-corrected chi connectivity index (χ1v) is 11.7. The van der Waals surface area contributed by atoms with Crippen molar-refractivity contribution in [3.8, 4) is 11.5 Å². The molecular formula is C26H35NO5. The molecule has 0 amide bonds. The minimum atomic E-state index is -0.413. The van der Waals surface area contributed by atoms with Gasteiger partial charge < -0.3 is 14.6 Å². The lowest BCUT2D eigenvalue weighted by Gasteiger charge is -2.40. The molecule has 1 N–H and O–H groups in total. The van der Waals surface area contributed by atoms with E-state index >= 15 is 0 Å². The second-order valence-electron chi connectivity index (χ2n) is 8.95. The number of ether oxygens (including phenoxy) is 2. The molecule has 4 unspecified atom stereocenters. The van der Waals surface area contributed by atoms with E-state index in [2.05, 4.69) is 18.0 Å². The molecule has 1 aromatic carbocycles. The Bertz CT molecular complexity index is 875. The van der Waals surface area contributed by atoms with Gasteiger partial charge in [-0.05, 0) is 60.8 Å². The summed E-state index contributed by atoms with van der Waals surface area (Å²) in [5, 5.41) is 9.76. The minimum Gasteiger partial charge on any atom is -0.504 e. The first-order chi connectivity index (χ1) is 15.4. The number of methoxy groups -OCH3 is 1. The van der Waals surface area contributed by atoms with Gasteiger partial charge in [0.1, 0.15) is 11.9 Å². The fourth-order valence-corrected chi connectivity index (χ4v) is 5.09. The van der Waals surface area contributed by atoms with Gasteiger partial charge in [0, 0.05) is 31.9 Å². The molecule has 0 aromatic heterocycles. The number of allylic oxidation sites excluding steroid dienone is 1. The normalized spacial score (nSPS) is 23.5. The second-order valence-corrected chi connectivity index (χ2v) is 8.95. The van der Waals surface area contributed by atoms with Crippen molar-refractivity contribution >= 4 is 18.0 Å². The van der Waals surface area contributed by atoms with Gasteiger partial charge in [0.2, 0.25) is 0 Å². The molecule has 2 aliphatic rings. The zero-order chi connectivity index (χ0) is 23.1. The number of nitrogens with zero attached hydrogens (tertiary/aromatic N) is 1. The standard InChI is InChI=1S/C26H35NO5/c1-4-18-6-9-22(20-11-12-27-16-20)23(13-18)25(32-17(2)28)15-21(29)8-5-19-7-10-24(30)26(14-19)31-3/h7,10-11,14,16,18,22-23,25,30H,4-6,8-9,12-13,15H2,1-3H3. The van der Waals surface area contributed by atoms with Crippen LogP contribution in [0.15, 0.2) is 34.8 Å². The fraction of sp³-hybridized carbons (Fsp3) is 0.577. The van der Waals surface area contributed by atoms with Gasteiger partial charge in [-0.2, -0.15) is 0 Å². The average Bonchev–Trinajstić information content (AvgIpc) is 3.32. The summed E-state index contributed by atoms with van der Waals surface area (Å²) in [5.74, 6) is 1.22. The number of carbonyl (C=O) groups is 2. The molecule has 3 rings (SSSR count). The third-order valence-electron chi connectivity index (χ3n) is 6.85. The number of aliphatic imine (C=N–C) groups is 1. The van der Waals surface area contributed by atoms with E-state index in [1.54, 1.807) is 18.2 Å². The summed E-state index contributed by atoms with van der Waals surface area (Å²) in [6.07, 6.45) is 9.10. The number of rotatable bonds is 10. The lowest BCUT2D eigenvalue weighted by molar-refractivity contribution is -0.152. The van der Waals surface area contributed by atoms with Crippen molar-refractivity contribution in [2.45, 2.75) is 64.9 Å². The molecule has 0 bridgehead atoms. The molecular weight excluding hydrogens is 406 g/mol. The second kappa shape index (κ2) is 11.3. The maximum Gasteiger partial charge on any atom is 0.302 e. The minimum absolute atomic E-state index is 0.0785. The van der Waals surface area contributed by atoms with Crippen LogP contribution in [-0.4, -0.2) is 42.8 Å². The Kier molecular flexibility index (Phi) is 8.48. The van der Waals surface area contributed by atoms with Crippen LogP contribution in [0.1, 0.15) is 57.9 Å². The van der Waals surface area contributed by atoms with Crippen molar-refractivity contribution in [2.75, 3.05) is 13.7 Å². The Morgan fingerprint density at radius 2 is 2.09 bits per heavy atom. The topological polar surface area (TPSA) is 85.2 Å². The van der Waals surface area contributed by atoms with Crippen LogP contribution in [0.5, 0.6) is 11.5 Å². The van der Waals surface area contributed by atoms with Crippen molar-refractivity contribution in [2.24, 2.45) is 22.7 Å². The van der Waals surface area contributed by atoms with Crippen LogP contribution in [-0.2, 0) is 20.7 Å². The highest BCUT2D eigenvalue weighted by Crippen LogP contribution is 2.43. The van der Waals surface area contributed by atoms with Crippen LogP contribution in [0.3, 0.4) is 0 Å². The zero-order valence-corrected chi connectivity index (χ0v) is 19.4. The highest BCUT2D eigenvalue weighted by Gasteiger charge is 2.39. The number of aromatic hydroxyl groups is 1. The molecule has 1 aliphatic carbocycles. The molecule has 1 aliphatic heterocycles. The van der Waals surface area contributed by atoms with E-state index in [4.69, 9.17) is 9.47 Å². The van der Waals surface area contributed by atoms with Gasteiger partial charge in [0.15, 0.2) is 11.5 Å². The number of hydrogen-bond acceptors (Lipinski definition) is 6. The molecule has 1 aromatic rings. The molecule has 4 atom stereocenters. The van der Waals surface area contributed by atoms with Crippen molar-refractivity contribution in [1.82, 2.24) is 0 Å². The molecule has 174 valence electrons. The fourth-order valence-electron chi connectivity index (χ4n) is 5.09. The van der Waals surface area contributed by atoms with Crippen molar-refractivity contribution in [3.05, 3.63) is 35.4 Å². The number of Topliss-reactive ketones (excluding diaryl/α,β-unsaturated/α-hetero) is 1. The van der Waals surface area contributed by atoms with Crippen LogP contribution >= 0.6 is 0 Å². The van der Waals surface area contributed by atoms with Crippen molar-refractivity contribution in [1.29, 1.82) is 0 Å². The van der Waals surface area contributed by atoms with Crippen molar-refractivity contribution < 1.29 is 24.2 Å². The maximum atomic E-state index is 12.9. The average molecular weight is 442 g/mol. The molecule has 1 saturated carbocycles. The Balaban J connectivity index is 1.70. The first kappa shape index (κ1) is 24.0. The summed E-state index contributed by atoms with van der Waals surface area (Å²) >= 11 is 0. The molecule has 6 heteroatoms. The van der Waals surface area contributed by atoms with Gasteiger partial charge in [-0.3, -0.25) is 14.6 Å². The van der Waals surface area contributed by atoms with Gasteiger partial charge in [0.05, 0.1) is 13.7 Å². The zero-order valence-electron chi connectivity index (χ0n) is 19.4. The van der Waals surface area contributed by atoms with Crippen LogP contribution < -0.4 is 4.74 Å². The van der Waals surface area contributed by atoms with E-state index in [9.17, 15) is 14.7 Å². The molecule has 32 heavy (non-hydrogen) atoms. The first-order valence-electron chi connectivity index (χ1n) is 11.7. The van der Waals surface area contributed by atoms with E-state index in [0.717, 1.165) is 31.2 Å². The largest absolute Gasteiger partial charge is 0.504 e. The Hall–Kier alpha value is -2.63. The number of hydrogen-bond donors (Lipinski definition) is 1. The van der Waals surface area contributed by atoms with Gasteiger partial charge in [-0.25, -0.2) is 0 Å². The third kappa shape index (κ3) is 6.21. The number of esters is 1. The van der Waals surface area contributed by atoms with E-state index in [-0.39, 0.29) is 35.8 Å². The third-order valence-corrected chi connectivity index (χ3v) is 6.85. The number of aryl methyl sites for hydroxylation is 1. The highest BCUT2D eigenvalue weighted by molar-refractivity contribution is 5.82. The SMILES string of the molecule is CCC1CCC(C2=CCN=C2)C(C(CC(=O)CCc2ccc(O)c(OC)c2)OC(C)=O)C1. The Labute approximate surface area is 190 Å². The number of carbonyl (C=O) groups excluding carboxylic acids is 2. The van der Waals surface area contributed by atoms with Crippen LogP contribution in [0, 0.1) is 17.8 Å². The molecule has 1 fully saturated rings. The van der Waals surface area contributed by atoms with Gasteiger partial charge >= 0.3 is 5.97 Å². The number of ketones is 1. The van der Waals surface area contributed by atoms with Crippen LogP contribution in [0.25, 0.3) is 0 Å². The molecule has 0 spiro atoms.